The number of hydrogen-bond acceptors (Lipinski definition) is 4. The molecule has 1 saturated carbocycles. The van der Waals surface area contributed by atoms with Gasteiger partial charge in [-0.25, -0.2) is 10.8 Å². The summed E-state index contributed by atoms with van der Waals surface area (Å²) in [6.07, 6.45) is 8.62. The lowest BCUT2D eigenvalue weighted by Gasteiger charge is -2.29. The minimum atomic E-state index is 0.517. The summed E-state index contributed by atoms with van der Waals surface area (Å²) in [7, 11) is 0. The molecule has 0 spiro atoms. The highest BCUT2D eigenvalue weighted by Crippen LogP contribution is 2.28. The molecule has 0 aromatic carbocycles. The van der Waals surface area contributed by atoms with Crippen molar-refractivity contribution in [2.75, 3.05) is 10.7 Å². The first-order chi connectivity index (χ1) is 8.29. The van der Waals surface area contributed by atoms with Crippen LogP contribution in [0.5, 0.6) is 0 Å². The van der Waals surface area contributed by atoms with E-state index in [1.54, 1.807) is 6.20 Å². The second-order valence-corrected chi connectivity index (χ2v) is 4.91. The molecule has 4 nitrogen and oxygen atoms in total. The normalized spacial score (nSPS) is 18.7. The van der Waals surface area contributed by atoms with Gasteiger partial charge in [0.1, 0.15) is 5.82 Å². The van der Waals surface area contributed by atoms with Gasteiger partial charge in [-0.2, -0.15) is 0 Å². The van der Waals surface area contributed by atoms with Gasteiger partial charge < -0.3 is 10.7 Å². The first-order valence-electron chi connectivity index (χ1n) is 6.49. The van der Waals surface area contributed by atoms with E-state index in [1.807, 2.05) is 12.1 Å². The van der Waals surface area contributed by atoms with Crippen molar-refractivity contribution in [3.63, 3.8) is 0 Å². The van der Waals surface area contributed by atoms with E-state index < -0.39 is 0 Å². The van der Waals surface area contributed by atoms with Crippen molar-refractivity contribution in [2.24, 2.45) is 11.8 Å². The third-order valence-electron chi connectivity index (χ3n) is 3.66. The summed E-state index contributed by atoms with van der Waals surface area (Å²) in [5, 5.41) is 3.55. The topological polar surface area (TPSA) is 63.0 Å². The number of hydrogen-bond donors (Lipinski definition) is 3. The highest BCUT2D eigenvalue weighted by Gasteiger charge is 2.19. The molecular formula is C13H22N4. The van der Waals surface area contributed by atoms with E-state index in [0.29, 0.717) is 11.9 Å². The maximum absolute atomic E-state index is 5.35. The molecule has 1 aliphatic rings. The lowest BCUT2D eigenvalue weighted by molar-refractivity contribution is 0.328. The molecule has 1 fully saturated rings. The number of nitrogens with one attached hydrogen (secondary N) is 2. The Morgan fingerprint density at radius 3 is 2.82 bits per heavy atom. The number of rotatable bonds is 4. The zero-order valence-corrected chi connectivity index (χ0v) is 10.4. The molecule has 4 N–H and O–H groups in total. The van der Waals surface area contributed by atoms with E-state index in [9.17, 15) is 0 Å². The van der Waals surface area contributed by atoms with E-state index in [0.717, 1.165) is 11.6 Å². The highest BCUT2D eigenvalue weighted by atomic mass is 15.2. The number of nitrogen functional groups attached to an aromatic ring is 1. The second-order valence-electron chi connectivity index (χ2n) is 4.91. The van der Waals surface area contributed by atoms with E-state index >= 15 is 0 Å². The first-order valence-corrected chi connectivity index (χ1v) is 6.49. The molecule has 1 aromatic heterocycles. The van der Waals surface area contributed by atoms with Crippen LogP contribution in [0.4, 0.5) is 11.5 Å². The van der Waals surface area contributed by atoms with Crippen LogP contribution in [-0.4, -0.2) is 11.0 Å². The minimum absolute atomic E-state index is 0.517. The van der Waals surface area contributed by atoms with Gasteiger partial charge in [-0.15, -0.1) is 0 Å². The van der Waals surface area contributed by atoms with Crippen molar-refractivity contribution in [1.82, 2.24) is 4.98 Å². The van der Waals surface area contributed by atoms with E-state index in [2.05, 4.69) is 22.7 Å². The average molecular weight is 234 g/mol. The number of nitrogens with two attached hydrogens (primary N) is 1. The molecular weight excluding hydrogens is 212 g/mol. The largest absolute Gasteiger partial charge is 0.382 e. The number of nitrogens with zero attached hydrogens (tertiary/aromatic N) is 1. The van der Waals surface area contributed by atoms with E-state index in [4.69, 9.17) is 5.84 Å². The third kappa shape index (κ3) is 3.33. The molecule has 2 rings (SSSR count). The Hall–Kier alpha value is -1.29. The van der Waals surface area contributed by atoms with Gasteiger partial charge in [-0.05, 0) is 31.7 Å². The van der Waals surface area contributed by atoms with Crippen molar-refractivity contribution in [2.45, 2.75) is 45.1 Å². The Labute approximate surface area is 103 Å². The van der Waals surface area contributed by atoms with Crippen molar-refractivity contribution in [3.8, 4) is 0 Å². The van der Waals surface area contributed by atoms with Gasteiger partial charge in [0.05, 0.1) is 0 Å². The maximum Gasteiger partial charge on any atom is 0.141 e. The third-order valence-corrected chi connectivity index (χ3v) is 3.66. The lowest BCUT2D eigenvalue weighted by atomic mass is 9.84. The molecule has 17 heavy (non-hydrogen) atoms. The summed E-state index contributed by atoms with van der Waals surface area (Å²) in [4.78, 5) is 4.10. The molecule has 94 valence electrons. The lowest BCUT2D eigenvalue weighted by Crippen LogP contribution is -2.27. The summed E-state index contributed by atoms with van der Waals surface area (Å²) in [6.45, 7) is 2.27. The Kier molecular flexibility index (Phi) is 4.20. The summed E-state index contributed by atoms with van der Waals surface area (Å²) in [6, 6.07) is 4.45. The van der Waals surface area contributed by atoms with Crippen molar-refractivity contribution in [3.05, 3.63) is 18.3 Å². The minimum Gasteiger partial charge on any atom is -0.382 e. The number of anilines is 2. The quantitative estimate of drug-likeness (QED) is 0.553. The van der Waals surface area contributed by atoms with Crippen LogP contribution in [0.1, 0.15) is 39.0 Å². The van der Waals surface area contributed by atoms with Crippen LogP contribution in [0.25, 0.3) is 0 Å². The van der Waals surface area contributed by atoms with Crippen molar-refractivity contribution < 1.29 is 0 Å². The molecule has 1 aliphatic carbocycles. The average Bonchev–Trinajstić information content (AvgIpc) is 2.40. The zero-order chi connectivity index (χ0) is 12.1. The van der Waals surface area contributed by atoms with Crippen LogP contribution in [0, 0.1) is 5.92 Å². The van der Waals surface area contributed by atoms with Crippen LogP contribution < -0.4 is 16.6 Å². The molecule has 1 atom stereocenters. The van der Waals surface area contributed by atoms with E-state index in [1.165, 1.54) is 32.1 Å². The Morgan fingerprint density at radius 2 is 2.12 bits per heavy atom. The molecule has 1 heterocycles. The van der Waals surface area contributed by atoms with Crippen molar-refractivity contribution in [1.29, 1.82) is 0 Å². The Balaban J connectivity index is 1.94. The Morgan fingerprint density at radius 1 is 1.35 bits per heavy atom. The molecule has 4 heteroatoms. The molecule has 1 aromatic rings. The molecule has 0 saturated heterocycles. The van der Waals surface area contributed by atoms with E-state index in [-0.39, 0.29) is 0 Å². The van der Waals surface area contributed by atoms with Crippen LogP contribution in [-0.2, 0) is 0 Å². The monoisotopic (exact) mass is 234 g/mol. The van der Waals surface area contributed by atoms with Gasteiger partial charge in [0.2, 0.25) is 0 Å². The number of aromatic nitrogens is 1. The Bertz CT molecular complexity index is 347. The van der Waals surface area contributed by atoms with Crippen LogP contribution in [0.3, 0.4) is 0 Å². The maximum atomic E-state index is 5.35. The van der Waals surface area contributed by atoms with Gasteiger partial charge in [0.25, 0.3) is 0 Å². The van der Waals surface area contributed by atoms with Crippen LogP contribution in [0.2, 0.25) is 0 Å². The van der Waals surface area contributed by atoms with Gasteiger partial charge >= 0.3 is 0 Å². The fourth-order valence-electron chi connectivity index (χ4n) is 2.61. The molecule has 0 aliphatic heterocycles. The first kappa shape index (κ1) is 12.2. The second kappa shape index (κ2) is 5.87. The summed E-state index contributed by atoms with van der Waals surface area (Å²) in [5.41, 5.74) is 3.66. The summed E-state index contributed by atoms with van der Waals surface area (Å²) >= 11 is 0. The summed E-state index contributed by atoms with van der Waals surface area (Å²) < 4.78 is 0. The highest BCUT2D eigenvalue weighted by molar-refractivity contribution is 5.51. The van der Waals surface area contributed by atoms with Crippen LogP contribution >= 0.6 is 0 Å². The zero-order valence-electron chi connectivity index (χ0n) is 10.4. The predicted octanol–water partition coefficient (Wildman–Crippen LogP) is 2.75. The summed E-state index contributed by atoms with van der Waals surface area (Å²) in [5.74, 6) is 6.85. The fourth-order valence-corrected chi connectivity index (χ4v) is 2.61. The molecule has 0 amide bonds. The van der Waals surface area contributed by atoms with Crippen LogP contribution in [0.15, 0.2) is 18.3 Å². The van der Waals surface area contributed by atoms with Crippen molar-refractivity contribution >= 4 is 11.5 Å². The standard InChI is InChI=1S/C13H22N4/c1-10(11-5-3-2-4-6-11)16-12-7-8-15-13(9-12)17-14/h7-11H,2-6,14H2,1H3,(H2,15,16,17). The SMILES string of the molecule is CC(Nc1ccnc(NN)c1)C1CCCCC1. The smallest absolute Gasteiger partial charge is 0.141 e. The molecule has 1 unspecified atom stereocenters. The predicted molar refractivity (Wildman–Crippen MR) is 71.7 cm³/mol. The molecule has 0 radical (unpaired) electrons. The van der Waals surface area contributed by atoms with Gasteiger partial charge in [0, 0.05) is 24.0 Å². The number of hydrazine groups is 1. The number of pyridine rings is 1. The fraction of sp³-hybridized carbons (Fsp3) is 0.615. The van der Waals surface area contributed by atoms with Gasteiger partial charge in [-0.3, -0.25) is 0 Å². The van der Waals surface area contributed by atoms with Gasteiger partial charge in [-0.1, -0.05) is 19.3 Å². The van der Waals surface area contributed by atoms with Gasteiger partial charge in [0.15, 0.2) is 0 Å². The molecule has 0 bridgehead atoms.